The van der Waals surface area contributed by atoms with Gasteiger partial charge < -0.3 is 11.1 Å². The molecule has 0 aliphatic rings. The first kappa shape index (κ1) is 12.0. The molecule has 0 amide bonds. The average Bonchev–Trinajstić information content (AvgIpc) is 2.21. The van der Waals surface area contributed by atoms with Crippen LogP contribution in [0.2, 0.25) is 0 Å². The van der Waals surface area contributed by atoms with Crippen LogP contribution in [0.1, 0.15) is 26.3 Å². The molecule has 1 atom stereocenters. The number of nitrogens with zero attached hydrogens (tertiary/aromatic N) is 1. The van der Waals surface area contributed by atoms with Crippen molar-refractivity contribution in [2.75, 3.05) is 11.9 Å². The van der Waals surface area contributed by atoms with Crippen molar-refractivity contribution < 1.29 is 0 Å². The highest BCUT2D eigenvalue weighted by Gasteiger charge is 2.27. The standard InChI is InChI=1S/C12H21N3/c1-9(2)12(4,8-13)15-11-10(3)6-5-7-14-11/h5-7,9H,8,13H2,1-4H3,(H,14,15). The number of nitrogens with two attached hydrogens (primary N) is 1. The fraction of sp³-hybridized carbons (Fsp3) is 0.583. The number of hydrogen-bond acceptors (Lipinski definition) is 3. The highest BCUT2D eigenvalue weighted by molar-refractivity contribution is 5.45. The summed E-state index contributed by atoms with van der Waals surface area (Å²) >= 11 is 0. The molecule has 0 spiro atoms. The highest BCUT2D eigenvalue weighted by Crippen LogP contribution is 2.22. The van der Waals surface area contributed by atoms with Gasteiger partial charge in [0.2, 0.25) is 0 Å². The first-order valence-corrected chi connectivity index (χ1v) is 5.39. The van der Waals surface area contributed by atoms with E-state index < -0.39 is 0 Å². The third kappa shape index (κ3) is 2.69. The van der Waals surface area contributed by atoms with Gasteiger partial charge in [-0.25, -0.2) is 4.98 Å². The Hall–Kier alpha value is -1.09. The van der Waals surface area contributed by atoms with E-state index in [0.717, 1.165) is 11.4 Å². The number of aromatic nitrogens is 1. The van der Waals surface area contributed by atoms with Crippen LogP contribution in [0.4, 0.5) is 5.82 Å². The van der Waals surface area contributed by atoms with Crippen LogP contribution in [-0.4, -0.2) is 17.1 Å². The van der Waals surface area contributed by atoms with Gasteiger partial charge in [-0.15, -0.1) is 0 Å². The average molecular weight is 207 g/mol. The predicted octanol–water partition coefficient (Wildman–Crippen LogP) is 2.18. The summed E-state index contributed by atoms with van der Waals surface area (Å²) in [4.78, 5) is 4.33. The molecule has 15 heavy (non-hydrogen) atoms. The van der Waals surface area contributed by atoms with Gasteiger partial charge in [0.05, 0.1) is 5.54 Å². The molecule has 0 saturated heterocycles. The Morgan fingerprint density at radius 2 is 2.20 bits per heavy atom. The molecule has 0 aliphatic carbocycles. The Morgan fingerprint density at radius 1 is 1.53 bits per heavy atom. The maximum atomic E-state index is 5.82. The Morgan fingerprint density at radius 3 is 2.67 bits per heavy atom. The fourth-order valence-electron chi connectivity index (χ4n) is 1.32. The molecule has 1 aromatic rings. The number of aryl methyl sites for hydroxylation is 1. The van der Waals surface area contributed by atoms with Crippen molar-refractivity contribution in [1.29, 1.82) is 0 Å². The molecule has 3 heteroatoms. The van der Waals surface area contributed by atoms with Crippen molar-refractivity contribution in [3.8, 4) is 0 Å². The smallest absolute Gasteiger partial charge is 0.129 e. The van der Waals surface area contributed by atoms with E-state index in [1.807, 2.05) is 19.1 Å². The first-order chi connectivity index (χ1) is 6.99. The molecule has 1 unspecified atom stereocenters. The number of rotatable bonds is 4. The van der Waals surface area contributed by atoms with Gasteiger partial charge in [0.15, 0.2) is 0 Å². The summed E-state index contributed by atoms with van der Waals surface area (Å²) in [6.45, 7) is 9.11. The lowest BCUT2D eigenvalue weighted by Gasteiger charge is -2.34. The molecule has 84 valence electrons. The van der Waals surface area contributed by atoms with E-state index in [9.17, 15) is 0 Å². The summed E-state index contributed by atoms with van der Waals surface area (Å²) in [5, 5.41) is 3.44. The predicted molar refractivity (Wildman–Crippen MR) is 64.9 cm³/mol. The normalized spacial score (nSPS) is 15.1. The minimum Gasteiger partial charge on any atom is -0.363 e. The van der Waals surface area contributed by atoms with Gasteiger partial charge >= 0.3 is 0 Å². The van der Waals surface area contributed by atoms with Gasteiger partial charge in [0.1, 0.15) is 5.82 Å². The van der Waals surface area contributed by atoms with Crippen LogP contribution < -0.4 is 11.1 Å². The summed E-state index contributed by atoms with van der Waals surface area (Å²) < 4.78 is 0. The highest BCUT2D eigenvalue weighted by atomic mass is 15.1. The van der Waals surface area contributed by atoms with Gasteiger partial charge in [0.25, 0.3) is 0 Å². The molecule has 1 aromatic heterocycles. The zero-order valence-electron chi connectivity index (χ0n) is 10.0. The number of nitrogens with one attached hydrogen (secondary N) is 1. The zero-order valence-corrected chi connectivity index (χ0v) is 10.0. The molecule has 3 N–H and O–H groups in total. The topological polar surface area (TPSA) is 50.9 Å². The summed E-state index contributed by atoms with van der Waals surface area (Å²) in [6.07, 6.45) is 1.80. The fourth-order valence-corrected chi connectivity index (χ4v) is 1.32. The van der Waals surface area contributed by atoms with Crippen molar-refractivity contribution in [3.63, 3.8) is 0 Å². The third-order valence-electron chi connectivity index (χ3n) is 3.11. The second kappa shape index (κ2) is 4.62. The van der Waals surface area contributed by atoms with Crippen molar-refractivity contribution >= 4 is 5.82 Å². The number of hydrogen-bond donors (Lipinski definition) is 2. The molecule has 0 aromatic carbocycles. The Kier molecular flexibility index (Phi) is 3.69. The van der Waals surface area contributed by atoms with E-state index in [4.69, 9.17) is 5.73 Å². The van der Waals surface area contributed by atoms with Crippen LogP contribution in [0.15, 0.2) is 18.3 Å². The lowest BCUT2D eigenvalue weighted by molar-refractivity contribution is 0.381. The Balaban J connectivity index is 2.89. The molecule has 0 aliphatic heterocycles. The molecule has 1 heterocycles. The van der Waals surface area contributed by atoms with E-state index in [1.165, 1.54) is 0 Å². The van der Waals surface area contributed by atoms with Gasteiger partial charge in [-0.3, -0.25) is 0 Å². The summed E-state index contributed by atoms with van der Waals surface area (Å²) in [5.74, 6) is 1.39. The summed E-state index contributed by atoms with van der Waals surface area (Å²) in [5.41, 5.74) is 6.87. The quantitative estimate of drug-likeness (QED) is 0.795. The maximum Gasteiger partial charge on any atom is 0.129 e. The molecule has 0 bridgehead atoms. The van der Waals surface area contributed by atoms with Crippen LogP contribution in [0.3, 0.4) is 0 Å². The van der Waals surface area contributed by atoms with Crippen LogP contribution in [-0.2, 0) is 0 Å². The summed E-state index contributed by atoms with van der Waals surface area (Å²) in [7, 11) is 0. The molecule has 3 nitrogen and oxygen atoms in total. The molecule has 1 rings (SSSR count). The van der Waals surface area contributed by atoms with Crippen molar-refractivity contribution in [1.82, 2.24) is 4.98 Å². The van der Waals surface area contributed by atoms with E-state index in [-0.39, 0.29) is 5.54 Å². The van der Waals surface area contributed by atoms with Gasteiger partial charge in [-0.1, -0.05) is 19.9 Å². The third-order valence-corrected chi connectivity index (χ3v) is 3.11. The van der Waals surface area contributed by atoms with Crippen molar-refractivity contribution in [3.05, 3.63) is 23.9 Å². The zero-order chi connectivity index (χ0) is 11.5. The number of pyridine rings is 1. The van der Waals surface area contributed by atoms with E-state index in [2.05, 4.69) is 31.1 Å². The maximum absolute atomic E-state index is 5.82. The summed E-state index contributed by atoms with van der Waals surface area (Å²) in [6, 6.07) is 3.99. The van der Waals surface area contributed by atoms with E-state index >= 15 is 0 Å². The SMILES string of the molecule is Cc1cccnc1NC(C)(CN)C(C)C. The van der Waals surface area contributed by atoms with Gasteiger partial charge in [-0.05, 0) is 31.4 Å². The Bertz CT molecular complexity index is 322. The van der Waals surface area contributed by atoms with Crippen LogP contribution in [0, 0.1) is 12.8 Å². The van der Waals surface area contributed by atoms with Crippen LogP contribution in [0.5, 0.6) is 0 Å². The molecule has 0 fully saturated rings. The largest absolute Gasteiger partial charge is 0.363 e. The Labute approximate surface area is 92.1 Å². The monoisotopic (exact) mass is 207 g/mol. The molecule has 0 radical (unpaired) electrons. The number of anilines is 1. The van der Waals surface area contributed by atoms with Crippen molar-refractivity contribution in [2.45, 2.75) is 33.2 Å². The van der Waals surface area contributed by atoms with Gasteiger partial charge in [-0.2, -0.15) is 0 Å². The first-order valence-electron chi connectivity index (χ1n) is 5.39. The molecular formula is C12H21N3. The minimum absolute atomic E-state index is 0.0981. The van der Waals surface area contributed by atoms with Crippen molar-refractivity contribution in [2.24, 2.45) is 11.7 Å². The van der Waals surface area contributed by atoms with E-state index in [1.54, 1.807) is 6.20 Å². The molecule has 0 saturated carbocycles. The van der Waals surface area contributed by atoms with Crippen LogP contribution >= 0.6 is 0 Å². The second-order valence-corrected chi connectivity index (χ2v) is 4.57. The minimum atomic E-state index is -0.0981. The van der Waals surface area contributed by atoms with Gasteiger partial charge in [0, 0.05) is 12.7 Å². The second-order valence-electron chi connectivity index (χ2n) is 4.57. The van der Waals surface area contributed by atoms with E-state index in [0.29, 0.717) is 12.5 Å². The van der Waals surface area contributed by atoms with Crippen LogP contribution in [0.25, 0.3) is 0 Å². The lowest BCUT2D eigenvalue weighted by atomic mass is 9.88. The molecular weight excluding hydrogens is 186 g/mol. The lowest BCUT2D eigenvalue weighted by Crippen LogP contribution is -2.47.